The number of aliphatic imine (C=N–C) groups is 2. The van der Waals surface area contributed by atoms with E-state index in [9.17, 15) is 0 Å². The molecule has 0 atom stereocenters. The van der Waals surface area contributed by atoms with Crippen molar-refractivity contribution in [3.05, 3.63) is 12.0 Å². The highest BCUT2D eigenvalue weighted by Gasteiger charge is 1.78. The van der Waals surface area contributed by atoms with Crippen molar-refractivity contribution in [2.75, 3.05) is 7.05 Å². The van der Waals surface area contributed by atoms with Gasteiger partial charge in [-0.1, -0.05) is 27.7 Å². The zero-order chi connectivity index (χ0) is 10.4. The highest BCUT2D eigenvalue weighted by molar-refractivity contribution is 5.30. The standard InChI is InChI=1S/C5H9N3.2C2H6/c1-6-4-5(7-2)8-3;2*1-2/h4,8H,1-2H2,3H3;2*1-2H3/b5-4+;;. The first-order chi connectivity index (χ1) is 5.85. The van der Waals surface area contributed by atoms with Crippen molar-refractivity contribution in [1.29, 1.82) is 0 Å². The molecule has 1 N–H and O–H groups in total. The molecule has 0 unspecified atom stereocenters. The lowest BCUT2D eigenvalue weighted by Crippen LogP contribution is -2.01. The average Bonchev–Trinajstić information content (AvgIpc) is 2.20. The molecule has 0 heterocycles. The number of hydrogen-bond donors (Lipinski definition) is 1. The maximum absolute atomic E-state index is 3.56. The molecule has 12 heavy (non-hydrogen) atoms. The molecule has 0 bridgehead atoms. The first-order valence-electron chi connectivity index (χ1n) is 4.15. The lowest BCUT2D eigenvalue weighted by Gasteiger charge is -1.92. The van der Waals surface area contributed by atoms with E-state index in [-0.39, 0.29) is 0 Å². The van der Waals surface area contributed by atoms with Crippen LogP contribution in [0.2, 0.25) is 0 Å². The maximum Gasteiger partial charge on any atom is 0.143 e. The van der Waals surface area contributed by atoms with Gasteiger partial charge in [-0.25, -0.2) is 4.99 Å². The van der Waals surface area contributed by atoms with Gasteiger partial charge in [0.25, 0.3) is 0 Å². The Kier molecular flexibility index (Phi) is 32.1. The Morgan fingerprint density at radius 3 is 1.67 bits per heavy atom. The lowest BCUT2D eigenvalue weighted by molar-refractivity contribution is 0.962. The highest BCUT2D eigenvalue weighted by atomic mass is 15.0. The lowest BCUT2D eigenvalue weighted by atomic mass is 10.7. The quantitative estimate of drug-likeness (QED) is 0.651. The van der Waals surface area contributed by atoms with Gasteiger partial charge in [0.2, 0.25) is 0 Å². The van der Waals surface area contributed by atoms with E-state index < -0.39 is 0 Å². The SMILES string of the molecule is C=N/C=C(\N=C)NC.CC.CC. The number of hydrogen-bond acceptors (Lipinski definition) is 3. The van der Waals surface area contributed by atoms with Gasteiger partial charge in [-0.05, 0) is 13.4 Å². The molecule has 0 aliphatic heterocycles. The molecular weight excluding hydrogens is 150 g/mol. The zero-order valence-corrected chi connectivity index (χ0v) is 8.89. The smallest absolute Gasteiger partial charge is 0.143 e. The molecule has 0 aromatic carbocycles. The van der Waals surface area contributed by atoms with E-state index in [0.29, 0.717) is 5.82 Å². The van der Waals surface area contributed by atoms with E-state index in [0.717, 1.165) is 0 Å². The van der Waals surface area contributed by atoms with Crippen LogP contribution in [0, 0.1) is 0 Å². The van der Waals surface area contributed by atoms with Crippen LogP contribution in [0.4, 0.5) is 0 Å². The molecule has 0 amide bonds. The summed E-state index contributed by atoms with van der Waals surface area (Å²) in [5.74, 6) is 0.625. The summed E-state index contributed by atoms with van der Waals surface area (Å²) in [5, 5.41) is 2.75. The predicted octanol–water partition coefficient (Wildman–Crippen LogP) is 2.46. The van der Waals surface area contributed by atoms with E-state index in [1.807, 2.05) is 27.7 Å². The fourth-order valence-electron chi connectivity index (χ4n) is 0.271. The van der Waals surface area contributed by atoms with Crippen molar-refractivity contribution >= 4 is 13.4 Å². The number of nitrogens with zero attached hydrogens (tertiary/aromatic N) is 2. The minimum absolute atomic E-state index is 0.625. The molecule has 0 radical (unpaired) electrons. The van der Waals surface area contributed by atoms with E-state index in [1.165, 1.54) is 6.20 Å². The van der Waals surface area contributed by atoms with Crippen molar-refractivity contribution in [3.8, 4) is 0 Å². The van der Waals surface area contributed by atoms with Gasteiger partial charge in [-0.3, -0.25) is 4.99 Å². The van der Waals surface area contributed by atoms with Crippen LogP contribution in [0.3, 0.4) is 0 Å². The summed E-state index contributed by atoms with van der Waals surface area (Å²) in [5.41, 5.74) is 0. The Morgan fingerprint density at radius 2 is 1.58 bits per heavy atom. The summed E-state index contributed by atoms with van der Waals surface area (Å²) in [6.07, 6.45) is 1.49. The normalized spacial score (nSPS) is 7.92. The van der Waals surface area contributed by atoms with Gasteiger partial charge in [0.05, 0.1) is 6.20 Å². The Hall–Kier alpha value is -1.12. The monoisotopic (exact) mass is 171 g/mol. The fourth-order valence-corrected chi connectivity index (χ4v) is 0.271. The molecule has 0 aliphatic rings. The summed E-state index contributed by atoms with van der Waals surface area (Å²) in [6, 6.07) is 0. The van der Waals surface area contributed by atoms with Crippen molar-refractivity contribution in [3.63, 3.8) is 0 Å². The van der Waals surface area contributed by atoms with E-state index in [4.69, 9.17) is 0 Å². The summed E-state index contributed by atoms with van der Waals surface area (Å²) in [6.45, 7) is 14.5. The van der Waals surface area contributed by atoms with Crippen LogP contribution in [0.25, 0.3) is 0 Å². The topological polar surface area (TPSA) is 36.8 Å². The summed E-state index contributed by atoms with van der Waals surface area (Å²) in [7, 11) is 1.74. The zero-order valence-electron chi connectivity index (χ0n) is 8.89. The number of rotatable bonds is 3. The van der Waals surface area contributed by atoms with Gasteiger partial charge in [-0.2, -0.15) is 0 Å². The van der Waals surface area contributed by atoms with Crippen LogP contribution < -0.4 is 5.32 Å². The molecule has 0 aromatic heterocycles. The van der Waals surface area contributed by atoms with Crippen LogP contribution in [0.5, 0.6) is 0 Å². The largest absolute Gasteiger partial charge is 0.372 e. The highest BCUT2D eigenvalue weighted by Crippen LogP contribution is 1.85. The second-order valence-corrected chi connectivity index (χ2v) is 1.11. The van der Waals surface area contributed by atoms with Crippen molar-refractivity contribution in [2.24, 2.45) is 9.98 Å². The Morgan fingerprint density at radius 1 is 1.17 bits per heavy atom. The van der Waals surface area contributed by atoms with E-state index in [1.54, 1.807) is 7.05 Å². The average molecular weight is 171 g/mol. The Balaban J connectivity index is -0.000000175. The van der Waals surface area contributed by atoms with E-state index in [2.05, 4.69) is 28.7 Å². The third-order valence-electron chi connectivity index (χ3n) is 0.640. The van der Waals surface area contributed by atoms with Gasteiger partial charge < -0.3 is 5.32 Å². The maximum atomic E-state index is 3.56. The first-order valence-corrected chi connectivity index (χ1v) is 4.15. The summed E-state index contributed by atoms with van der Waals surface area (Å²) >= 11 is 0. The van der Waals surface area contributed by atoms with Gasteiger partial charge in [-0.15, -0.1) is 0 Å². The predicted molar refractivity (Wildman–Crippen MR) is 58.9 cm³/mol. The van der Waals surface area contributed by atoms with Crippen molar-refractivity contribution in [1.82, 2.24) is 5.32 Å². The van der Waals surface area contributed by atoms with Crippen LogP contribution in [0.1, 0.15) is 27.7 Å². The molecular formula is C9H21N3. The second kappa shape index (κ2) is 22.5. The van der Waals surface area contributed by atoms with Gasteiger partial charge >= 0.3 is 0 Å². The van der Waals surface area contributed by atoms with Gasteiger partial charge in [0, 0.05) is 7.05 Å². The molecule has 0 spiro atoms. The summed E-state index contributed by atoms with van der Waals surface area (Å²) < 4.78 is 0. The molecule has 0 saturated carbocycles. The van der Waals surface area contributed by atoms with Crippen molar-refractivity contribution < 1.29 is 0 Å². The minimum atomic E-state index is 0.625. The Labute approximate surface area is 76.3 Å². The van der Waals surface area contributed by atoms with Gasteiger partial charge in [0.1, 0.15) is 5.82 Å². The van der Waals surface area contributed by atoms with E-state index >= 15 is 0 Å². The first kappa shape index (κ1) is 17.1. The molecule has 0 aliphatic carbocycles. The summed E-state index contributed by atoms with van der Waals surface area (Å²) in [4.78, 5) is 7.03. The minimum Gasteiger partial charge on any atom is -0.372 e. The third-order valence-corrected chi connectivity index (χ3v) is 0.640. The van der Waals surface area contributed by atoms with Crippen molar-refractivity contribution in [2.45, 2.75) is 27.7 Å². The molecule has 0 fully saturated rings. The second-order valence-electron chi connectivity index (χ2n) is 1.11. The van der Waals surface area contributed by atoms with Gasteiger partial charge in [0.15, 0.2) is 0 Å². The fraction of sp³-hybridized carbons (Fsp3) is 0.556. The molecule has 0 rings (SSSR count). The molecule has 3 nitrogen and oxygen atoms in total. The van der Waals surface area contributed by atoms with Crippen LogP contribution >= 0.6 is 0 Å². The molecule has 3 heteroatoms. The van der Waals surface area contributed by atoms with Crippen LogP contribution in [-0.4, -0.2) is 20.5 Å². The third kappa shape index (κ3) is 15.9. The number of nitrogens with one attached hydrogen (secondary N) is 1. The van der Waals surface area contributed by atoms with Crippen LogP contribution in [-0.2, 0) is 0 Å². The Bertz CT molecular complexity index is 117. The molecule has 0 saturated heterocycles. The molecule has 0 aromatic rings. The molecule has 72 valence electrons. The van der Waals surface area contributed by atoms with Crippen LogP contribution in [0.15, 0.2) is 22.0 Å².